The van der Waals surface area contributed by atoms with Crippen LogP contribution in [0.15, 0.2) is 212 Å². The van der Waals surface area contributed by atoms with Crippen LogP contribution in [0.1, 0.15) is 66.6 Å². The van der Waals surface area contributed by atoms with Crippen LogP contribution < -0.4 is 0 Å². The Balaban J connectivity index is 0.745. The highest BCUT2D eigenvalue weighted by Crippen LogP contribution is 2.57. The molecule has 0 saturated heterocycles. The first-order valence-electron chi connectivity index (χ1n) is 25.1. The van der Waals surface area contributed by atoms with Gasteiger partial charge >= 0.3 is 0 Å². The number of benzene rings is 10. The molecule has 71 heavy (non-hydrogen) atoms. The molecular weight excluding hydrogens is 857 g/mol. The zero-order valence-electron chi connectivity index (χ0n) is 40.8. The van der Waals surface area contributed by atoms with Crippen molar-refractivity contribution in [3.05, 3.63) is 251 Å². The minimum Gasteiger partial charge on any atom is -0.309 e. The summed E-state index contributed by atoms with van der Waals surface area (Å²) in [4.78, 5) is 0. The van der Waals surface area contributed by atoms with Gasteiger partial charge in [-0.2, -0.15) is 0 Å². The third-order valence-corrected chi connectivity index (χ3v) is 16.2. The molecule has 0 fully saturated rings. The minimum absolute atomic E-state index is 0.139. The van der Waals surface area contributed by atoms with Gasteiger partial charge in [-0.25, -0.2) is 0 Å². The summed E-state index contributed by atoms with van der Waals surface area (Å²) in [5.41, 5.74) is 26.7. The third kappa shape index (κ3) is 6.27. The molecule has 2 aliphatic rings. The van der Waals surface area contributed by atoms with Crippen LogP contribution in [0.4, 0.5) is 0 Å². The van der Waals surface area contributed by atoms with Crippen molar-refractivity contribution in [1.29, 1.82) is 0 Å². The van der Waals surface area contributed by atoms with E-state index in [0.717, 1.165) is 0 Å². The molecule has 0 amide bonds. The molecule has 2 nitrogen and oxygen atoms in total. The Morgan fingerprint density at radius 1 is 0.310 bits per heavy atom. The van der Waals surface area contributed by atoms with Gasteiger partial charge in [0.15, 0.2) is 0 Å². The summed E-state index contributed by atoms with van der Waals surface area (Å²) in [5, 5.41) is 5.09. The molecule has 0 unspecified atom stereocenters. The zero-order chi connectivity index (χ0) is 47.8. The molecule has 2 heteroatoms. The summed E-state index contributed by atoms with van der Waals surface area (Å²) in [7, 11) is 0. The van der Waals surface area contributed by atoms with E-state index in [-0.39, 0.29) is 10.8 Å². The van der Waals surface area contributed by atoms with Crippen molar-refractivity contribution in [3.8, 4) is 55.9 Å². The van der Waals surface area contributed by atoms with Gasteiger partial charge in [-0.05, 0) is 164 Å². The lowest BCUT2D eigenvalue weighted by Crippen LogP contribution is -2.17. The quantitative estimate of drug-likeness (QED) is 0.147. The van der Waals surface area contributed by atoms with E-state index < -0.39 is 0 Å². The third-order valence-electron chi connectivity index (χ3n) is 16.2. The fourth-order valence-electron chi connectivity index (χ4n) is 12.4. The van der Waals surface area contributed by atoms with Crippen molar-refractivity contribution in [2.24, 2.45) is 0 Å². The maximum atomic E-state index is 2.53. The maximum absolute atomic E-state index is 2.53. The first kappa shape index (κ1) is 41.5. The summed E-state index contributed by atoms with van der Waals surface area (Å²) in [5.74, 6) is 0. The highest BCUT2D eigenvalue weighted by atomic mass is 15.0. The van der Waals surface area contributed by atoms with E-state index in [9.17, 15) is 0 Å². The van der Waals surface area contributed by atoms with E-state index in [0.29, 0.717) is 0 Å². The second-order valence-electron chi connectivity index (χ2n) is 21.1. The van der Waals surface area contributed by atoms with Gasteiger partial charge in [-0.15, -0.1) is 0 Å². The first-order valence-corrected chi connectivity index (χ1v) is 25.1. The Hall–Kier alpha value is -8.46. The van der Waals surface area contributed by atoms with Crippen molar-refractivity contribution in [3.63, 3.8) is 0 Å². The number of para-hydroxylation sites is 3. The Bertz CT molecular complexity index is 4190. The number of rotatable bonds is 6. The van der Waals surface area contributed by atoms with Crippen LogP contribution in [0.2, 0.25) is 0 Å². The van der Waals surface area contributed by atoms with E-state index in [1.807, 2.05) is 0 Å². The van der Waals surface area contributed by atoms with Crippen LogP contribution in [0.5, 0.6) is 0 Å². The van der Waals surface area contributed by atoms with Crippen LogP contribution in [-0.2, 0) is 10.8 Å². The van der Waals surface area contributed by atoms with Crippen molar-refractivity contribution >= 4 is 55.8 Å². The molecule has 0 bridgehead atoms. The molecule has 10 aromatic carbocycles. The van der Waals surface area contributed by atoms with Gasteiger partial charge in [-0.3, -0.25) is 0 Å². The second kappa shape index (κ2) is 15.3. The first-order chi connectivity index (χ1) is 34.6. The highest BCUT2D eigenvalue weighted by molar-refractivity contribution is 6.12. The molecule has 2 heterocycles. The van der Waals surface area contributed by atoms with Gasteiger partial charge in [0.1, 0.15) is 0 Å². The number of nitrogens with zero attached hydrogens (tertiary/aromatic N) is 2. The summed E-state index contributed by atoms with van der Waals surface area (Å²) in [6, 6.07) is 79.3. The van der Waals surface area contributed by atoms with Crippen LogP contribution in [0, 0.1) is 6.92 Å². The Kier molecular flexibility index (Phi) is 8.93. The van der Waals surface area contributed by atoms with Gasteiger partial charge < -0.3 is 9.13 Å². The van der Waals surface area contributed by atoms with Crippen molar-refractivity contribution in [2.75, 3.05) is 0 Å². The smallest absolute Gasteiger partial charge is 0.0541 e. The lowest BCUT2D eigenvalue weighted by Gasteiger charge is -2.24. The van der Waals surface area contributed by atoms with Crippen LogP contribution in [0.3, 0.4) is 0 Å². The molecule has 0 saturated carbocycles. The van der Waals surface area contributed by atoms with Gasteiger partial charge in [0.05, 0.1) is 22.1 Å². The van der Waals surface area contributed by atoms with E-state index in [1.165, 1.54) is 138 Å². The van der Waals surface area contributed by atoms with Crippen LogP contribution in [0.25, 0.3) is 112 Å². The molecule has 0 N–H and O–H groups in total. The summed E-state index contributed by atoms with van der Waals surface area (Å²) in [6.07, 6.45) is 4.52. The lowest BCUT2D eigenvalue weighted by atomic mass is 9.79. The molecule has 0 atom stereocenters. The Morgan fingerprint density at radius 2 is 0.732 bits per heavy atom. The average molecular weight is 909 g/mol. The molecule has 338 valence electrons. The SMILES string of the molecule is Cc1ccc(-n2c3ccccc3c3cc(-c4ccc5c(c4)C(C)(C)c4cc6c(cc4-5)C(C)(C)c4cc(C=Cc5ccc(-c7ccc8c(c7)c7ccccc7n8-c7ccccc7)cc5)ccc4-6)ccc32)cc1. The van der Waals surface area contributed by atoms with Crippen molar-refractivity contribution in [1.82, 2.24) is 9.13 Å². The number of aromatic nitrogens is 2. The fraction of sp³-hybridized carbons (Fsp3) is 0.101. The van der Waals surface area contributed by atoms with Gasteiger partial charge in [0, 0.05) is 43.7 Å². The lowest BCUT2D eigenvalue weighted by molar-refractivity contribution is 0.652. The zero-order valence-corrected chi connectivity index (χ0v) is 40.8. The molecular formula is C69H52N2. The van der Waals surface area contributed by atoms with E-state index in [2.05, 4.69) is 268 Å². The predicted molar refractivity (Wildman–Crippen MR) is 301 cm³/mol. The summed E-state index contributed by atoms with van der Waals surface area (Å²) in [6.45, 7) is 11.8. The van der Waals surface area contributed by atoms with E-state index in [4.69, 9.17) is 0 Å². The molecule has 12 aromatic rings. The number of aryl methyl sites for hydroxylation is 1. The maximum Gasteiger partial charge on any atom is 0.0541 e. The molecule has 2 aliphatic carbocycles. The topological polar surface area (TPSA) is 9.86 Å². The highest BCUT2D eigenvalue weighted by Gasteiger charge is 2.42. The van der Waals surface area contributed by atoms with E-state index in [1.54, 1.807) is 0 Å². The van der Waals surface area contributed by atoms with Crippen molar-refractivity contribution < 1.29 is 0 Å². The van der Waals surface area contributed by atoms with Crippen LogP contribution in [-0.4, -0.2) is 9.13 Å². The molecule has 14 rings (SSSR count). The van der Waals surface area contributed by atoms with Crippen LogP contribution >= 0.6 is 0 Å². The van der Waals surface area contributed by atoms with E-state index >= 15 is 0 Å². The minimum atomic E-state index is -0.151. The largest absolute Gasteiger partial charge is 0.309 e. The van der Waals surface area contributed by atoms with Gasteiger partial charge in [0.25, 0.3) is 0 Å². The monoisotopic (exact) mass is 908 g/mol. The Morgan fingerprint density at radius 3 is 1.34 bits per heavy atom. The number of hydrogen-bond acceptors (Lipinski definition) is 0. The second-order valence-corrected chi connectivity index (χ2v) is 21.1. The molecule has 2 aromatic heterocycles. The normalized spacial score (nSPS) is 14.2. The summed E-state index contributed by atoms with van der Waals surface area (Å²) >= 11 is 0. The fourth-order valence-corrected chi connectivity index (χ4v) is 12.4. The molecule has 0 aliphatic heterocycles. The predicted octanol–water partition coefficient (Wildman–Crippen LogP) is 18.3. The van der Waals surface area contributed by atoms with Gasteiger partial charge in [-0.1, -0.05) is 179 Å². The standard InChI is InChI=1S/C69H52N2/c1-43-19-31-51(32-20-43)71-65-18-12-10-16-55(65)59-39-48(30-36-67(59)71)49-28-34-53-57-42-62-56(41-63(57)69(4,5)61(53)40-49)52-33-25-45(37-60(52)68(62,2)3)22-21-44-23-26-46(27-24-44)47-29-35-66-58(38-47)54-15-9-11-17-64(54)70(66)50-13-7-6-8-14-50/h6-42H,1-5H3. The van der Waals surface area contributed by atoms with Crippen molar-refractivity contribution in [2.45, 2.75) is 45.4 Å². The molecule has 0 spiro atoms. The average Bonchev–Trinajstić information content (AvgIpc) is 4.06. The number of hydrogen-bond donors (Lipinski definition) is 0. The number of fused-ring (bicyclic) bond motifs is 12. The summed E-state index contributed by atoms with van der Waals surface area (Å²) < 4.78 is 4.78. The molecule has 0 radical (unpaired) electrons. The Labute approximate surface area is 415 Å². The van der Waals surface area contributed by atoms with Gasteiger partial charge in [0.2, 0.25) is 0 Å².